The molecular formula is C17H26N2O. The minimum atomic E-state index is -0.0615. The highest BCUT2D eigenvalue weighted by atomic mass is 16.2. The van der Waals surface area contributed by atoms with E-state index in [1.165, 1.54) is 18.4 Å². The molecular weight excluding hydrogens is 248 g/mol. The van der Waals surface area contributed by atoms with Crippen molar-refractivity contribution in [3.8, 4) is 0 Å². The van der Waals surface area contributed by atoms with Gasteiger partial charge in [-0.05, 0) is 56.1 Å². The van der Waals surface area contributed by atoms with Crippen LogP contribution in [0.1, 0.15) is 50.7 Å². The maximum Gasteiger partial charge on any atom is 0.319 e. The van der Waals surface area contributed by atoms with Gasteiger partial charge in [0.05, 0.1) is 0 Å². The molecule has 2 N–H and O–H groups in total. The summed E-state index contributed by atoms with van der Waals surface area (Å²) in [5.41, 5.74) is 3.28. The Hall–Kier alpha value is -1.51. The van der Waals surface area contributed by atoms with E-state index in [1.54, 1.807) is 0 Å². The number of carbonyl (C=O) groups is 1. The van der Waals surface area contributed by atoms with Crippen LogP contribution in [0.5, 0.6) is 0 Å². The predicted octanol–water partition coefficient (Wildman–Crippen LogP) is 4.26. The molecule has 20 heavy (non-hydrogen) atoms. The van der Waals surface area contributed by atoms with E-state index >= 15 is 0 Å². The number of aryl methyl sites for hydroxylation is 2. The zero-order chi connectivity index (χ0) is 14.5. The molecule has 3 heteroatoms. The number of para-hydroxylation sites is 1. The van der Waals surface area contributed by atoms with Gasteiger partial charge < -0.3 is 10.6 Å². The molecule has 0 aliphatic heterocycles. The van der Waals surface area contributed by atoms with Crippen molar-refractivity contribution in [3.05, 3.63) is 29.3 Å². The highest BCUT2D eigenvalue weighted by Gasteiger charge is 2.20. The van der Waals surface area contributed by atoms with Gasteiger partial charge in [-0.2, -0.15) is 0 Å². The molecule has 0 spiro atoms. The van der Waals surface area contributed by atoms with Crippen molar-refractivity contribution < 1.29 is 4.79 Å². The van der Waals surface area contributed by atoms with Crippen LogP contribution in [-0.2, 0) is 6.42 Å². The van der Waals surface area contributed by atoms with Gasteiger partial charge in [-0.1, -0.05) is 32.0 Å². The maximum atomic E-state index is 12.2. The second-order valence-corrected chi connectivity index (χ2v) is 6.02. The SMILES string of the molecule is CCc1cccc(C)c1NC(=O)NC1CCC(C)CC1. The molecule has 1 fully saturated rings. The lowest BCUT2D eigenvalue weighted by Crippen LogP contribution is -2.40. The Labute approximate surface area is 122 Å². The second-order valence-electron chi connectivity index (χ2n) is 6.02. The number of hydrogen-bond donors (Lipinski definition) is 2. The van der Waals surface area contributed by atoms with Gasteiger partial charge >= 0.3 is 6.03 Å². The third-order valence-corrected chi connectivity index (χ3v) is 4.33. The van der Waals surface area contributed by atoms with Crippen LogP contribution < -0.4 is 10.6 Å². The maximum absolute atomic E-state index is 12.2. The molecule has 0 aromatic heterocycles. The summed E-state index contributed by atoms with van der Waals surface area (Å²) in [4.78, 5) is 12.2. The Bertz CT molecular complexity index is 462. The first kappa shape index (κ1) is 14.9. The number of nitrogens with one attached hydrogen (secondary N) is 2. The minimum Gasteiger partial charge on any atom is -0.335 e. The van der Waals surface area contributed by atoms with Gasteiger partial charge in [-0.15, -0.1) is 0 Å². The monoisotopic (exact) mass is 274 g/mol. The van der Waals surface area contributed by atoms with Crippen LogP contribution in [0.15, 0.2) is 18.2 Å². The van der Waals surface area contributed by atoms with E-state index in [-0.39, 0.29) is 6.03 Å². The summed E-state index contributed by atoms with van der Waals surface area (Å²) in [6.07, 6.45) is 5.56. The summed E-state index contributed by atoms with van der Waals surface area (Å²) in [5.74, 6) is 0.805. The normalized spacial score (nSPS) is 22.4. The van der Waals surface area contributed by atoms with E-state index in [2.05, 4.69) is 30.5 Å². The van der Waals surface area contributed by atoms with Crippen molar-refractivity contribution in [3.63, 3.8) is 0 Å². The number of anilines is 1. The van der Waals surface area contributed by atoms with Crippen LogP contribution in [0.2, 0.25) is 0 Å². The van der Waals surface area contributed by atoms with E-state index in [0.29, 0.717) is 6.04 Å². The third-order valence-electron chi connectivity index (χ3n) is 4.33. The van der Waals surface area contributed by atoms with Crippen LogP contribution in [0.25, 0.3) is 0 Å². The molecule has 110 valence electrons. The van der Waals surface area contributed by atoms with Crippen LogP contribution in [-0.4, -0.2) is 12.1 Å². The molecule has 2 amide bonds. The number of urea groups is 1. The van der Waals surface area contributed by atoms with Crippen LogP contribution in [0.4, 0.5) is 10.5 Å². The largest absolute Gasteiger partial charge is 0.335 e. The molecule has 0 saturated heterocycles. The fourth-order valence-corrected chi connectivity index (χ4v) is 2.94. The summed E-state index contributed by atoms with van der Waals surface area (Å²) in [6, 6.07) is 6.43. The summed E-state index contributed by atoms with van der Waals surface area (Å²) in [7, 11) is 0. The van der Waals surface area contributed by atoms with Gasteiger partial charge in [0.2, 0.25) is 0 Å². The fourth-order valence-electron chi connectivity index (χ4n) is 2.94. The van der Waals surface area contributed by atoms with Gasteiger partial charge in [-0.25, -0.2) is 4.79 Å². The summed E-state index contributed by atoms with van der Waals surface area (Å²) >= 11 is 0. The van der Waals surface area contributed by atoms with E-state index < -0.39 is 0 Å². The summed E-state index contributed by atoms with van der Waals surface area (Å²) < 4.78 is 0. The molecule has 2 rings (SSSR count). The zero-order valence-corrected chi connectivity index (χ0v) is 12.8. The van der Waals surface area contributed by atoms with Crippen molar-refractivity contribution in [2.24, 2.45) is 5.92 Å². The molecule has 3 nitrogen and oxygen atoms in total. The summed E-state index contributed by atoms with van der Waals surface area (Å²) in [6.45, 7) is 6.44. The number of carbonyl (C=O) groups excluding carboxylic acids is 1. The Kier molecular flexibility index (Phi) is 5.05. The average molecular weight is 274 g/mol. The van der Waals surface area contributed by atoms with Crippen LogP contribution >= 0.6 is 0 Å². The van der Waals surface area contributed by atoms with Crippen molar-refractivity contribution in [1.29, 1.82) is 0 Å². The third kappa shape index (κ3) is 3.75. The van der Waals surface area contributed by atoms with E-state index in [4.69, 9.17) is 0 Å². The van der Waals surface area contributed by atoms with Gasteiger partial charge in [0, 0.05) is 11.7 Å². The minimum absolute atomic E-state index is 0.0615. The van der Waals surface area contributed by atoms with Gasteiger partial charge in [0.15, 0.2) is 0 Å². The highest BCUT2D eigenvalue weighted by molar-refractivity contribution is 5.91. The topological polar surface area (TPSA) is 41.1 Å². The zero-order valence-electron chi connectivity index (χ0n) is 12.8. The Balaban J connectivity index is 1.95. The number of hydrogen-bond acceptors (Lipinski definition) is 1. The van der Waals surface area contributed by atoms with Gasteiger partial charge in [0.25, 0.3) is 0 Å². The Morgan fingerprint density at radius 1 is 1.25 bits per heavy atom. The lowest BCUT2D eigenvalue weighted by atomic mass is 9.87. The fraction of sp³-hybridized carbons (Fsp3) is 0.588. The van der Waals surface area contributed by atoms with E-state index in [9.17, 15) is 4.79 Å². The molecule has 0 radical (unpaired) electrons. The smallest absolute Gasteiger partial charge is 0.319 e. The van der Waals surface area contributed by atoms with Gasteiger partial charge in [-0.3, -0.25) is 0 Å². The van der Waals surface area contributed by atoms with Crippen molar-refractivity contribution in [2.45, 2.75) is 58.9 Å². The van der Waals surface area contributed by atoms with Crippen LogP contribution in [0.3, 0.4) is 0 Å². The first-order valence-electron chi connectivity index (χ1n) is 7.76. The molecule has 1 aromatic rings. The van der Waals surface area contributed by atoms with Crippen molar-refractivity contribution >= 4 is 11.7 Å². The summed E-state index contributed by atoms with van der Waals surface area (Å²) in [5, 5.41) is 6.15. The molecule has 1 saturated carbocycles. The van der Waals surface area contributed by atoms with E-state index in [0.717, 1.165) is 36.4 Å². The second kappa shape index (κ2) is 6.78. The molecule has 0 atom stereocenters. The molecule has 0 bridgehead atoms. The Morgan fingerprint density at radius 2 is 1.95 bits per heavy atom. The lowest BCUT2D eigenvalue weighted by Gasteiger charge is -2.27. The first-order valence-corrected chi connectivity index (χ1v) is 7.76. The standard InChI is InChI=1S/C17H26N2O/c1-4-14-7-5-6-13(3)16(14)19-17(20)18-15-10-8-12(2)9-11-15/h5-7,12,15H,4,8-11H2,1-3H3,(H2,18,19,20). The van der Waals surface area contributed by atoms with Crippen molar-refractivity contribution in [2.75, 3.05) is 5.32 Å². The molecule has 0 unspecified atom stereocenters. The molecule has 1 aliphatic carbocycles. The van der Waals surface area contributed by atoms with Gasteiger partial charge in [0.1, 0.15) is 0 Å². The quantitative estimate of drug-likeness (QED) is 0.849. The van der Waals surface area contributed by atoms with E-state index in [1.807, 2.05) is 19.1 Å². The number of rotatable bonds is 3. The number of benzene rings is 1. The van der Waals surface area contributed by atoms with Crippen molar-refractivity contribution in [1.82, 2.24) is 5.32 Å². The lowest BCUT2D eigenvalue weighted by molar-refractivity contribution is 0.239. The molecule has 0 heterocycles. The number of amides is 2. The molecule has 1 aromatic carbocycles. The Morgan fingerprint density at radius 3 is 2.60 bits per heavy atom. The first-order chi connectivity index (χ1) is 9.60. The molecule has 1 aliphatic rings. The van der Waals surface area contributed by atoms with Crippen LogP contribution in [0, 0.1) is 12.8 Å². The highest BCUT2D eigenvalue weighted by Crippen LogP contribution is 2.24. The average Bonchev–Trinajstić information content (AvgIpc) is 2.43. The predicted molar refractivity (Wildman–Crippen MR) is 84.1 cm³/mol.